The van der Waals surface area contributed by atoms with Gasteiger partial charge in [0.2, 0.25) is 0 Å². The first-order chi connectivity index (χ1) is 14.2. The van der Waals surface area contributed by atoms with Gasteiger partial charge in [-0.15, -0.1) is 0 Å². The number of aliphatic hydroxyl groups is 2. The maximum Gasteiger partial charge on any atom is 0.332 e. The summed E-state index contributed by atoms with van der Waals surface area (Å²) in [5.74, 6) is -2.84. The van der Waals surface area contributed by atoms with Crippen molar-refractivity contribution in [3.8, 4) is 0 Å². The molecule has 2 unspecified atom stereocenters. The van der Waals surface area contributed by atoms with Crippen LogP contribution in [-0.4, -0.2) is 66.2 Å². The number of carbonyl (C=O) groups is 1. The van der Waals surface area contributed by atoms with Gasteiger partial charge in [-0.3, -0.25) is 0 Å². The standard InChI is InChI=1S/C20H23ClO8S/c21-14-3-1-2-12-11(14)4-5-17(12)30(26,27)18-6-7-20(8-13(18)19(24)25)28-15(9-22)16(10-23)29-20/h1-3,8,15-18,22-23H,4-7,9-10H2,(H,24,25)/t15-,16-,17?,18?/m1/s1. The van der Waals surface area contributed by atoms with Crippen molar-refractivity contribution >= 4 is 27.4 Å². The summed E-state index contributed by atoms with van der Waals surface area (Å²) in [5, 5.41) is 27.1. The van der Waals surface area contributed by atoms with Gasteiger partial charge in [0.05, 0.1) is 29.3 Å². The highest BCUT2D eigenvalue weighted by atomic mass is 35.5. The fraction of sp³-hybridized carbons (Fsp3) is 0.550. The number of aliphatic carboxylic acids is 1. The van der Waals surface area contributed by atoms with Crippen molar-refractivity contribution in [3.05, 3.63) is 46.0 Å². The minimum Gasteiger partial charge on any atom is -0.478 e. The number of carboxylic acids is 1. The predicted octanol–water partition coefficient (Wildman–Crippen LogP) is 1.38. The van der Waals surface area contributed by atoms with Gasteiger partial charge in [-0.25, -0.2) is 13.2 Å². The molecule has 0 saturated carbocycles. The van der Waals surface area contributed by atoms with Crippen molar-refractivity contribution in [3.63, 3.8) is 0 Å². The summed E-state index contributed by atoms with van der Waals surface area (Å²) in [7, 11) is -3.89. The van der Waals surface area contributed by atoms with Gasteiger partial charge in [-0.05, 0) is 42.5 Å². The summed E-state index contributed by atoms with van der Waals surface area (Å²) < 4.78 is 38.4. The molecular formula is C20H23ClO8S. The Morgan fingerprint density at radius 2 is 1.80 bits per heavy atom. The molecule has 10 heteroatoms. The van der Waals surface area contributed by atoms with Gasteiger partial charge in [-0.2, -0.15) is 0 Å². The molecule has 1 spiro atoms. The number of halogens is 1. The summed E-state index contributed by atoms with van der Waals surface area (Å²) in [5.41, 5.74) is 1.11. The van der Waals surface area contributed by atoms with E-state index in [1.165, 1.54) is 6.08 Å². The topological polar surface area (TPSA) is 130 Å². The third-order valence-electron chi connectivity index (χ3n) is 6.15. The number of rotatable bonds is 5. The van der Waals surface area contributed by atoms with E-state index in [-0.39, 0.29) is 18.4 Å². The first-order valence-corrected chi connectivity index (χ1v) is 11.7. The minimum absolute atomic E-state index is 0.0108. The first-order valence-electron chi connectivity index (χ1n) is 9.76. The number of aliphatic hydroxyl groups excluding tert-OH is 2. The predicted molar refractivity (Wildman–Crippen MR) is 107 cm³/mol. The number of sulfone groups is 1. The van der Waals surface area contributed by atoms with Crippen LogP contribution >= 0.6 is 11.6 Å². The molecule has 2 aliphatic carbocycles. The molecule has 0 radical (unpaired) electrons. The Morgan fingerprint density at radius 3 is 2.40 bits per heavy atom. The van der Waals surface area contributed by atoms with E-state index in [1.807, 2.05) is 0 Å². The molecule has 1 saturated heterocycles. The average Bonchev–Trinajstić information content (AvgIpc) is 3.30. The Balaban J connectivity index is 1.69. The van der Waals surface area contributed by atoms with Crippen LogP contribution in [0.4, 0.5) is 0 Å². The van der Waals surface area contributed by atoms with Crippen LogP contribution in [0.2, 0.25) is 5.02 Å². The zero-order chi connectivity index (χ0) is 21.7. The van der Waals surface area contributed by atoms with Gasteiger partial charge >= 0.3 is 5.97 Å². The minimum atomic E-state index is -3.89. The Hall–Kier alpha value is -1.49. The molecular weight excluding hydrogens is 436 g/mol. The van der Waals surface area contributed by atoms with Crippen molar-refractivity contribution in [2.24, 2.45) is 0 Å². The highest BCUT2D eigenvalue weighted by Crippen LogP contribution is 2.47. The maximum absolute atomic E-state index is 13.5. The van der Waals surface area contributed by atoms with Crippen LogP contribution in [0.3, 0.4) is 0 Å². The van der Waals surface area contributed by atoms with Crippen LogP contribution in [0.5, 0.6) is 0 Å². The second-order valence-corrected chi connectivity index (χ2v) is 10.6. The molecule has 164 valence electrons. The quantitative estimate of drug-likeness (QED) is 0.603. The van der Waals surface area contributed by atoms with Gasteiger partial charge in [-0.1, -0.05) is 23.7 Å². The molecule has 3 N–H and O–H groups in total. The lowest BCUT2D eigenvalue weighted by molar-refractivity contribution is -0.153. The van der Waals surface area contributed by atoms with E-state index >= 15 is 0 Å². The largest absolute Gasteiger partial charge is 0.478 e. The lowest BCUT2D eigenvalue weighted by Crippen LogP contribution is -2.41. The van der Waals surface area contributed by atoms with E-state index in [2.05, 4.69) is 0 Å². The van der Waals surface area contributed by atoms with E-state index in [4.69, 9.17) is 21.1 Å². The van der Waals surface area contributed by atoms with E-state index < -0.39 is 57.5 Å². The number of ether oxygens (including phenoxy) is 2. The van der Waals surface area contributed by atoms with Gasteiger partial charge in [0.25, 0.3) is 0 Å². The summed E-state index contributed by atoms with van der Waals surface area (Å²) >= 11 is 6.21. The highest BCUT2D eigenvalue weighted by molar-refractivity contribution is 7.92. The zero-order valence-corrected chi connectivity index (χ0v) is 17.6. The van der Waals surface area contributed by atoms with E-state index in [9.17, 15) is 28.5 Å². The van der Waals surface area contributed by atoms with E-state index in [0.29, 0.717) is 23.4 Å². The Bertz CT molecular complexity index is 977. The van der Waals surface area contributed by atoms with Crippen LogP contribution in [-0.2, 0) is 30.5 Å². The molecule has 1 aromatic rings. The summed E-state index contributed by atoms with van der Waals surface area (Å²) in [6.07, 6.45) is 0.495. The summed E-state index contributed by atoms with van der Waals surface area (Å²) in [6, 6.07) is 5.14. The van der Waals surface area contributed by atoms with Crippen LogP contribution in [0.15, 0.2) is 29.8 Å². The SMILES string of the molecule is O=C(O)C1=CC2(CCC1S(=O)(=O)C1CCc3c(Cl)cccc31)O[C@H](CO)[C@@H](CO)O2. The van der Waals surface area contributed by atoms with E-state index in [0.717, 1.165) is 5.56 Å². The smallest absolute Gasteiger partial charge is 0.332 e. The zero-order valence-electron chi connectivity index (χ0n) is 16.0. The molecule has 3 aliphatic rings. The Labute approximate surface area is 179 Å². The monoisotopic (exact) mass is 458 g/mol. The van der Waals surface area contributed by atoms with Gasteiger partial charge in [0, 0.05) is 11.4 Å². The second-order valence-electron chi connectivity index (χ2n) is 7.85. The molecule has 0 aromatic heterocycles. The highest BCUT2D eigenvalue weighted by Gasteiger charge is 2.52. The average molecular weight is 459 g/mol. The maximum atomic E-state index is 13.5. The van der Waals surface area contributed by atoms with Crippen LogP contribution in [0, 0.1) is 0 Å². The van der Waals surface area contributed by atoms with Gasteiger partial charge in [0.15, 0.2) is 15.6 Å². The third kappa shape index (κ3) is 3.47. The lowest BCUT2D eigenvalue weighted by Gasteiger charge is -2.34. The second kappa shape index (κ2) is 7.89. The number of hydrogen-bond acceptors (Lipinski definition) is 7. The van der Waals surface area contributed by atoms with Crippen LogP contribution < -0.4 is 0 Å². The normalized spacial score (nSPS) is 30.3. The molecule has 1 aliphatic heterocycles. The molecule has 1 heterocycles. The first kappa shape index (κ1) is 21.7. The molecule has 30 heavy (non-hydrogen) atoms. The molecule has 0 amide bonds. The van der Waals surface area contributed by atoms with Crippen molar-refractivity contribution in [1.82, 2.24) is 0 Å². The Kier molecular flexibility index (Phi) is 5.71. The molecule has 4 atom stereocenters. The molecule has 1 fully saturated rings. The number of fused-ring (bicyclic) bond motifs is 1. The molecule has 8 nitrogen and oxygen atoms in total. The third-order valence-corrected chi connectivity index (χ3v) is 9.07. The van der Waals surface area contributed by atoms with Crippen molar-refractivity contribution < 1.29 is 38.0 Å². The van der Waals surface area contributed by atoms with Crippen molar-refractivity contribution in [2.45, 2.75) is 54.2 Å². The van der Waals surface area contributed by atoms with Gasteiger partial charge in [0.1, 0.15) is 12.2 Å². The van der Waals surface area contributed by atoms with Crippen LogP contribution in [0.25, 0.3) is 0 Å². The lowest BCUT2D eigenvalue weighted by atomic mass is 9.94. The number of hydrogen-bond donors (Lipinski definition) is 3. The van der Waals surface area contributed by atoms with Gasteiger partial charge < -0.3 is 24.8 Å². The number of carboxylic acid groups (broad SMARTS) is 1. The fourth-order valence-electron chi connectivity index (χ4n) is 4.73. The van der Waals surface area contributed by atoms with Crippen molar-refractivity contribution in [2.75, 3.05) is 13.2 Å². The number of benzene rings is 1. The van der Waals surface area contributed by atoms with Crippen molar-refractivity contribution in [1.29, 1.82) is 0 Å². The van der Waals surface area contributed by atoms with E-state index in [1.54, 1.807) is 18.2 Å². The molecule has 0 bridgehead atoms. The summed E-state index contributed by atoms with van der Waals surface area (Å²) in [6.45, 7) is -0.824. The molecule has 1 aromatic carbocycles. The summed E-state index contributed by atoms with van der Waals surface area (Å²) in [4.78, 5) is 12.0. The fourth-order valence-corrected chi connectivity index (χ4v) is 7.39. The Morgan fingerprint density at radius 1 is 1.13 bits per heavy atom. The molecule has 4 rings (SSSR count). The van der Waals surface area contributed by atoms with Crippen LogP contribution in [0.1, 0.15) is 35.6 Å².